The van der Waals surface area contributed by atoms with E-state index in [1.807, 2.05) is 6.07 Å². The molecule has 1 saturated heterocycles. The Kier molecular flexibility index (Phi) is 9.09. The fourth-order valence-electron chi connectivity index (χ4n) is 8.86. The zero-order valence-electron chi connectivity index (χ0n) is 31.1. The predicted octanol–water partition coefficient (Wildman–Crippen LogP) is 13.6. The fourth-order valence-corrected chi connectivity index (χ4v) is 26.6. The molecule has 5 aromatic carbocycles. The van der Waals surface area contributed by atoms with Crippen LogP contribution in [0.15, 0.2) is 126 Å². The molecule has 0 aromatic heterocycles. The van der Waals surface area contributed by atoms with Crippen LogP contribution in [0, 0.1) is 0 Å². The van der Waals surface area contributed by atoms with Crippen molar-refractivity contribution in [1.82, 2.24) is 0 Å². The van der Waals surface area contributed by atoms with Crippen LogP contribution >= 0.6 is 0 Å². The van der Waals surface area contributed by atoms with E-state index in [2.05, 4.69) is 171 Å². The minimum absolute atomic E-state index is 0.00859. The van der Waals surface area contributed by atoms with Crippen LogP contribution in [0.25, 0.3) is 34.4 Å². The molecule has 3 aliphatic rings. The zero-order valence-corrected chi connectivity index (χ0v) is 33.6. The summed E-state index contributed by atoms with van der Waals surface area (Å²) in [6, 6.07) is 42.0. The Hall–Kier alpha value is -3.74. The van der Waals surface area contributed by atoms with Crippen molar-refractivity contribution in [2.75, 3.05) is 0 Å². The van der Waals surface area contributed by atoms with Gasteiger partial charge in [-0.15, -0.1) is 0 Å². The maximum absolute atomic E-state index is 9.84. The first-order chi connectivity index (χ1) is 23.8. The van der Waals surface area contributed by atoms with Crippen molar-refractivity contribution in [2.45, 2.75) is 81.7 Å². The summed E-state index contributed by atoms with van der Waals surface area (Å²) < 4.78 is 4.40. The molecule has 0 saturated carbocycles. The van der Waals surface area contributed by atoms with Gasteiger partial charge < -0.3 is 5.11 Å². The minimum atomic E-state index is -2.56. The van der Waals surface area contributed by atoms with E-state index in [1.165, 1.54) is 47.2 Å². The summed E-state index contributed by atoms with van der Waals surface area (Å²) in [7, 11) is 0. The van der Waals surface area contributed by atoms with Gasteiger partial charge in [-0.3, -0.25) is 0 Å². The summed E-state index contributed by atoms with van der Waals surface area (Å²) >= 11 is -2.56. The van der Waals surface area contributed by atoms with Gasteiger partial charge in [0.1, 0.15) is 5.75 Å². The van der Waals surface area contributed by atoms with Gasteiger partial charge in [-0.25, -0.2) is 0 Å². The zero-order chi connectivity index (χ0) is 35.4. The van der Waals surface area contributed by atoms with Gasteiger partial charge in [-0.2, -0.15) is 0 Å². The molecule has 1 nitrogen and oxygen atoms in total. The van der Waals surface area contributed by atoms with Crippen molar-refractivity contribution in [3.05, 3.63) is 160 Å². The number of allylic oxidation sites excluding steroid dienone is 2. The van der Waals surface area contributed by atoms with Crippen LogP contribution in [0.2, 0.25) is 8.26 Å². The first kappa shape index (κ1) is 34.7. The molecule has 50 heavy (non-hydrogen) atoms. The molecule has 8 rings (SSSR count). The Morgan fingerprint density at radius 1 is 0.540 bits per heavy atom. The van der Waals surface area contributed by atoms with Crippen LogP contribution < -0.4 is 0 Å². The molecule has 0 amide bonds. The quantitative estimate of drug-likeness (QED) is 0.195. The summed E-state index contributed by atoms with van der Waals surface area (Å²) in [5, 5.41) is 9.84. The average Bonchev–Trinajstić information content (AvgIpc) is 3.66. The number of hydrogen-bond acceptors (Lipinski definition) is 1. The molecule has 0 radical (unpaired) electrons. The topological polar surface area (TPSA) is 20.2 Å². The summed E-state index contributed by atoms with van der Waals surface area (Å²) in [5.74, 6) is 0.399. The van der Waals surface area contributed by atoms with Crippen molar-refractivity contribution < 1.29 is 25.4 Å². The molecule has 254 valence electrons. The van der Waals surface area contributed by atoms with Crippen LogP contribution in [-0.2, 0) is 31.1 Å². The number of phenols is 1. The number of phenolic OH excluding ortho intramolecular Hbond substituents is 1. The third-order valence-electron chi connectivity index (χ3n) is 11.4. The molecule has 1 fully saturated rings. The molecule has 1 aliphatic heterocycles. The molecule has 0 bridgehead atoms. The molecule has 1 heterocycles. The number of fused-ring (bicyclic) bond motifs is 2. The van der Waals surface area contributed by atoms with Crippen molar-refractivity contribution >= 4 is 12.2 Å². The van der Waals surface area contributed by atoms with E-state index in [-0.39, 0.29) is 10.8 Å². The second-order valence-electron chi connectivity index (χ2n) is 17.0. The molecule has 1 N–H and O–H groups in total. The van der Waals surface area contributed by atoms with Gasteiger partial charge in [0.25, 0.3) is 0 Å². The Morgan fingerprint density at radius 2 is 1.00 bits per heavy atom. The predicted molar refractivity (Wildman–Crippen MR) is 212 cm³/mol. The SMILES string of the molecule is CC(C)(C)c1ccc(O)c(C(C)(C)C)c1.CC1=Cc2c(-c3ccccc3)cccc2[CH]1[Zr]1([CH]2C(C)=Cc3c(-c4ccccc4)cccc32)[CH2][CH2]1. The molecule has 2 heteroatoms. The molecule has 5 aromatic rings. The first-order valence-corrected chi connectivity index (χ1v) is 24.7. The van der Waals surface area contributed by atoms with E-state index in [0.29, 0.717) is 13.0 Å². The third-order valence-corrected chi connectivity index (χ3v) is 24.9. The van der Waals surface area contributed by atoms with Crippen LogP contribution in [0.1, 0.15) is 96.0 Å². The molecule has 0 spiro atoms. The van der Waals surface area contributed by atoms with Crippen molar-refractivity contribution in [3.63, 3.8) is 0 Å². The maximum atomic E-state index is 9.84. The number of aromatic hydroxyl groups is 1. The Morgan fingerprint density at radius 3 is 1.40 bits per heavy atom. The number of hydrogen-bond donors (Lipinski definition) is 1. The summed E-state index contributed by atoms with van der Waals surface area (Å²) in [4.78, 5) is 0. The van der Waals surface area contributed by atoms with Crippen molar-refractivity contribution in [1.29, 1.82) is 0 Å². The molecule has 2 unspecified atom stereocenters. The van der Waals surface area contributed by atoms with E-state index in [1.54, 1.807) is 28.3 Å². The Labute approximate surface area is 305 Å². The van der Waals surface area contributed by atoms with Crippen LogP contribution in [0.5, 0.6) is 5.75 Å². The van der Waals surface area contributed by atoms with E-state index in [4.69, 9.17) is 0 Å². The normalized spacial score (nSPS) is 18.7. The average molecular weight is 736 g/mol. The van der Waals surface area contributed by atoms with Gasteiger partial charge >= 0.3 is 214 Å². The molecular formula is C48H52OZr. The van der Waals surface area contributed by atoms with E-state index in [9.17, 15) is 5.11 Å². The van der Waals surface area contributed by atoms with E-state index >= 15 is 0 Å². The van der Waals surface area contributed by atoms with Gasteiger partial charge in [0, 0.05) is 0 Å². The summed E-state index contributed by atoms with van der Waals surface area (Å²) in [6.07, 6.45) is 5.07. The standard InChI is InChI=1S/2C16H13.C14H22O.C2H4.Zr/c2*1-12-10-14-8-5-9-15(16(14)11-12)13-6-3-2-4-7-13;1-13(2,3)10-7-8-12(15)11(9-10)14(4,5)6;1-2;/h2*2-11H,1H3;7-9,15H,1-6H3;1-2H2;. The second-order valence-corrected chi connectivity index (χ2v) is 28.3. The van der Waals surface area contributed by atoms with Crippen molar-refractivity contribution in [2.24, 2.45) is 0 Å². The Balaban J connectivity index is 0.000000221. The Bertz CT molecular complexity index is 1990. The van der Waals surface area contributed by atoms with Crippen LogP contribution in [0.4, 0.5) is 0 Å². The van der Waals surface area contributed by atoms with Gasteiger partial charge in [-0.05, 0) is 28.0 Å². The van der Waals surface area contributed by atoms with Gasteiger partial charge in [0.05, 0.1) is 0 Å². The number of rotatable bonds is 4. The third kappa shape index (κ3) is 6.35. The van der Waals surface area contributed by atoms with Gasteiger partial charge in [0.2, 0.25) is 0 Å². The fraction of sp³-hybridized carbons (Fsp3) is 0.292. The van der Waals surface area contributed by atoms with Gasteiger partial charge in [-0.1, -0.05) is 53.7 Å². The van der Waals surface area contributed by atoms with Gasteiger partial charge in [0.15, 0.2) is 0 Å². The molecule has 2 aliphatic carbocycles. The van der Waals surface area contributed by atoms with E-state index in [0.717, 1.165) is 5.56 Å². The van der Waals surface area contributed by atoms with Crippen LogP contribution in [0.3, 0.4) is 0 Å². The number of benzene rings is 5. The summed E-state index contributed by atoms with van der Waals surface area (Å²) in [5.41, 5.74) is 17.4. The monoisotopic (exact) mass is 734 g/mol. The first-order valence-electron chi connectivity index (χ1n) is 18.4. The van der Waals surface area contributed by atoms with Crippen LogP contribution in [-0.4, -0.2) is 5.11 Å². The van der Waals surface area contributed by atoms with Crippen molar-refractivity contribution in [3.8, 4) is 28.0 Å². The van der Waals surface area contributed by atoms with E-state index < -0.39 is 20.3 Å². The molecular weight excluding hydrogens is 684 g/mol. The second kappa shape index (κ2) is 13.1. The summed E-state index contributed by atoms with van der Waals surface area (Å²) in [6.45, 7) is 17.8. The molecule has 2 atom stereocenters.